The molecule has 0 aliphatic carbocycles. The van der Waals surface area contributed by atoms with E-state index in [2.05, 4.69) is 0 Å². The summed E-state index contributed by atoms with van der Waals surface area (Å²) in [6, 6.07) is 0. The van der Waals surface area contributed by atoms with Gasteiger partial charge in [-0.15, -0.1) is 0 Å². The molecule has 0 saturated heterocycles. The Kier molecular flexibility index (Phi) is 5.50. The molecule has 0 rings (SSSR count). The van der Waals surface area contributed by atoms with Gasteiger partial charge in [0.1, 0.15) is 18.1 Å². The molecule has 0 aliphatic rings. The second-order valence-corrected chi connectivity index (χ2v) is 4.36. The third-order valence-corrected chi connectivity index (χ3v) is 1.69. The van der Waals surface area contributed by atoms with E-state index in [1.54, 1.807) is 27.7 Å². The molecule has 0 saturated carbocycles. The van der Waals surface area contributed by atoms with Gasteiger partial charge in [0.05, 0.1) is 0 Å². The van der Waals surface area contributed by atoms with Crippen LogP contribution in [0.15, 0.2) is 0 Å². The van der Waals surface area contributed by atoms with E-state index in [1.807, 2.05) is 0 Å². The number of ketones is 1. The van der Waals surface area contributed by atoms with Gasteiger partial charge in [-0.2, -0.15) is 0 Å². The molecule has 0 heterocycles. The van der Waals surface area contributed by atoms with E-state index in [4.69, 9.17) is 9.47 Å². The van der Waals surface area contributed by atoms with Crippen LogP contribution in [0.1, 0.15) is 34.6 Å². The lowest BCUT2D eigenvalue weighted by atomic mass is 10.1. The van der Waals surface area contributed by atoms with Gasteiger partial charge < -0.3 is 9.47 Å². The molecule has 0 radical (unpaired) electrons. The van der Waals surface area contributed by atoms with Crippen molar-refractivity contribution in [1.82, 2.24) is 0 Å². The fraction of sp³-hybridized carbons (Fsp3) is 0.818. The van der Waals surface area contributed by atoms with Crippen LogP contribution in [-0.2, 0) is 19.1 Å². The Bertz CT molecular complexity index is 227. The number of Topliss-reactive ketones (excluding diaryl/α,β-unsaturated/α-hetero) is 1. The average molecular weight is 216 g/mol. The monoisotopic (exact) mass is 216 g/mol. The molecule has 0 spiro atoms. The zero-order valence-electron chi connectivity index (χ0n) is 10.1. The molecular weight excluding hydrogens is 196 g/mol. The van der Waals surface area contributed by atoms with Gasteiger partial charge in [-0.1, -0.05) is 0 Å². The van der Waals surface area contributed by atoms with Crippen LogP contribution in [-0.4, -0.2) is 30.6 Å². The van der Waals surface area contributed by atoms with Crippen molar-refractivity contribution in [2.75, 3.05) is 13.2 Å². The largest absolute Gasteiger partial charge is 0.459 e. The first kappa shape index (κ1) is 14.1. The highest BCUT2D eigenvalue weighted by molar-refractivity contribution is 5.99. The van der Waals surface area contributed by atoms with E-state index in [1.165, 1.54) is 6.92 Å². The second kappa shape index (κ2) is 5.85. The topological polar surface area (TPSA) is 52.6 Å². The second-order valence-electron chi connectivity index (χ2n) is 4.36. The Balaban J connectivity index is 4.14. The number of hydrogen-bond donors (Lipinski definition) is 0. The van der Waals surface area contributed by atoms with Gasteiger partial charge in [-0.05, 0) is 34.6 Å². The van der Waals surface area contributed by atoms with Crippen molar-refractivity contribution in [1.29, 1.82) is 0 Å². The van der Waals surface area contributed by atoms with Crippen molar-refractivity contribution in [2.45, 2.75) is 40.2 Å². The number of hydrogen-bond acceptors (Lipinski definition) is 4. The highest BCUT2D eigenvalue weighted by atomic mass is 16.6. The molecule has 0 aliphatic heterocycles. The van der Waals surface area contributed by atoms with Gasteiger partial charge in [-0.25, -0.2) is 0 Å². The summed E-state index contributed by atoms with van der Waals surface area (Å²) < 4.78 is 10.0. The lowest BCUT2D eigenvalue weighted by Gasteiger charge is -2.21. The molecule has 0 fully saturated rings. The third kappa shape index (κ3) is 6.23. The van der Waals surface area contributed by atoms with E-state index < -0.39 is 17.5 Å². The zero-order chi connectivity index (χ0) is 12.1. The van der Waals surface area contributed by atoms with E-state index in [9.17, 15) is 9.59 Å². The maximum atomic E-state index is 11.5. The van der Waals surface area contributed by atoms with Crippen molar-refractivity contribution >= 4 is 11.8 Å². The highest BCUT2D eigenvalue weighted by Gasteiger charge is 2.26. The molecule has 88 valence electrons. The number of ether oxygens (including phenoxy) is 2. The summed E-state index contributed by atoms with van der Waals surface area (Å²) in [5, 5.41) is 0. The minimum atomic E-state index is -0.754. The van der Waals surface area contributed by atoms with Crippen LogP contribution in [0.4, 0.5) is 0 Å². The quantitative estimate of drug-likeness (QED) is 0.517. The van der Waals surface area contributed by atoms with Gasteiger partial charge in [0.2, 0.25) is 0 Å². The average Bonchev–Trinajstić information content (AvgIpc) is 2.10. The third-order valence-electron chi connectivity index (χ3n) is 1.69. The minimum Gasteiger partial charge on any atom is -0.459 e. The van der Waals surface area contributed by atoms with Crippen molar-refractivity contribution in [3.8, 4) is 0 Å². The minimum absolute atomic E-state index is 0.0308. The van der Waals surface area contributed by atoms with Crippen molar-refractivity contribution in [2.24, 2.45) is 5.92 Å². The van der Waals surface area contributed by atoms with Gasteiger partial charge >= 0.3 is 5.97 Å². The molecule has 1 unspecified atom stereocenters. The molecule has 0 aromatic carbocycles. The zero-order valence-corrected chi connectivity index (χ0v) is 10.1. The van der Waals surface area contributed by atoms with Gasteiger partial charge in [-0.3, -0.25) is 9.59 Å². The molecule has 0 aromatic rings. The van der Waals surface area contributed by atoms with Gasteiger partial charge in [0, 0.05) is 6.61 Å². The van der Waals surface area contributed by atoms with E-state index in [0.29, 0.717) is 6.61 Å². The first-order valence-electron chi connectivity index (χ1n) is 5.11. The first-order valence-corrected chi connectivity index (χ1v) is 5.11. The van der Waals surface area contributed by atoms with Crippen LogP contribution in [0, 0.1) is 5.92 Å². The SMILES string of the molecule is CCOCC(=O)C(C)C(=O)OC(C)(C)C. The number of carbonyl (C=O) groups excluding carboxylic acids is 2. The maximum Gasteiger partial charge on any atom is 0.316 e. The van der Waals surface area contributed by atoms with Crippen LogP contribution in [0.2, 0.25) is 0 Å². The molecule has 15 heavy (non-hydrogen) atoms. The summed E-state index contributed by atoms with van der Waals surface area (Å²) in [4.78, 5) is 22.9. The summed E-state index contributed by atoms with van der Waals surface area (Å²) >= 11 is 0. The van der Waals surface area contributed by atoms with Crippen molar-refractivity contribution < 1.29 is 19.1 Å². The Labute approximate surface area is 90.9 Å². The summed E-state index contributed by atoms with van der Waals surface area (Å²) in [6.45, 7) is 9.07. The van der Waals surface area contributed by atoms with Crippen LogP contribution in [0.25, 0.3) is 0 Å². The standard InChI is InChI=1S/C11H20O4/c1-6-14-7-9(12)8(2)10(13)15-11(3,4)5/h8H,6-7H2,1-5H3. The molecule has 4 heteroatoms. The van der Waals surface area contributed by atoms with Crippen LogP contribution >= 0.6 is 0 Å². The lowest BCUT2D eigenvalue weighted by Crippen LogP contribution is -2.32. The summed E-state index contributed by atoms with van der Waals surface area (Å²) in [7, 11) is 0. The molecule has 0 N–H and O–H groups in total. The van der Waals surface area contributed by atoms with Gasteiger partial charge in [0.25, 0.3) is 0 Å². The van der Waals surface area contributed by atoms with Gasteiger partial charge in [0.15, 0.2) is 5.78 Å². The smallest absolute Gasteiger partial charge is 0.316 e. The normalized spacial score (nSPS) is 13.4. The lowest BCUT2D eigenvalue weighted by molar-refractivity contribution is -0.162. The molecule has 0 bridgehead atoms. The van der Waals surface area contributed by atoms with Crippen LogP contribution < -0.4 is 0 Å². The maximum absolute atomic E-state index is 11.5. The van der Waals surface area contributed by atoms with E-state index in [-0.39, 0.29) is 12.4 Å². The number of carbonyl (C=O) groups is 2. The van der Waals surface area contributed by atoms with E-state index in [0.717, 1.165) is 0 Å². The Hall–Kier alpha value is -0.900. The van der Waals surface area contributed by atoms with Crippen LogP contribution in [0.3, 0.4) is 0 Å². The van der Waals surface area contributed by atoms with Crippen molar-refractivity contribution in [3.63, 3.8) is 0 Å². The fourth-order valence-electron chi connectivity index (χ4n) is 0.849. The summed E-state index contributed by atoms with van der Waals surface area (Å²) in [6.07, 6.45) is 0. The van der Waals surface area contributed by atoms with Crippen LogP contribution in [0.5, 0.6) is 0 Å². The fourth-order valence-corrected chi connectivity index (χ4v) is 0.849. The Morgan fingerprint density at radius 1 is 1.27 bits per heavy atom. The Morgan fingerprint density at radius 2 is 1.80 bits per heavy atom. The molecule has 4 nitrogen and oxygen atoms in total. The molecule has 0 aromatic heterocycles. The first-order chi connectivity index (χ1) is 6.78. The number of rotatable bonds is 5. The number of esters is 1. The summed E-state index contributed by atoms with van der Waals surface area (Å²) in [5.74, 6) is -1.49. The molecule has 1 atom stereocenters. The molecule has 0 amide bonds. The highest BCUT2D eigenvalue weighted by Crippen LogP contribution is 2.11. The van der Waals surface area contributed by atoms with E-state index >= 15 is 0 Å². The Morgan fingerprint density at radius 3 is 2.20 bits per heavy atom. The van der Waals surface area contributed by atoms with Crippen molar-refractivity contribution in [3.05, 3.63) is 0 Å². The predicted molar refractivity (Wildman–Crippen MR) is 56.5 cm³/mol. The molecular formula is C11H20O4. The predicted octanol–water partition coefficient (Wildman–Crippen LogP) is 1.57. The summed E-state index contributed by atoms with van der Waals surface area (Å²) in [5.41, 5.74) is -0.558.